The molecule has 0 aliphatic heterocycles. The molecule has 0 spiro atoms. The predicted octanol–water partition coefficient (Wildman–Crippen LogP) is 12.1. The maximum atomic E-state index is 2.40. The van der Waals surface area contributed by atoms with Gasteiger partial charge >= 0.3 is 34.1 Å². The molecule has 0 N–H and O–H groups in total. The van der Waals surface area contributed by atoms with Crippen LogP contribution in [0.3, 0.4) is 0 Å². The van der Waals surface area contributed by atoms with Crippen LogP contribution in [-0.4, -0.2) is 0 Å². The van der Waals surface area contributed by atoms with Gasteiger partial charge in [-0.1, -0.05) is 156 Å². The molecule has 4 saturated carbocycles. The molecule has 0 aromatic rings. The van der Waals surface area contributed by atoms with Gasteiger partial charge in [-0.2, -0.15) is 0 Å². The first kappa shape index (κ1) is 48.1. The van der Waals surface area contributed by atoms with Gasteiger partial charge in [0.15, 0.2) is 0 Å². The van der Waals surface area contributed by atoms with E-state index in [-0.39, 0.29) is 63.8 Å². The largest absolute Gasteiger partial charge is 3.00 e. The molecule has 4 rings (SSSR count). The summed E-state index contributed by atoms with van der Waals surface area (Å²) in [5, 5.41) is 0. The van der Waals surface area contributed by atoms with Gasteiger partial charge in [-0.3, -0.25) is 0 Å². The topological polar surface area (TPSA) is 0 Å². The van der Waals surface area contributed by atoms with Crippen molar-refractivity contribution in [2.75, 3.05) is 0 Å². The molecule has 1 radical (unpaired) electrons. The molecule has 0 aromatic carbocycles. The van der Waals surface area contributed by atoms with Crippen LogP contribution in [0.1, 0.15) is 156 Å². The molecule has 4 fully saturated rings. The molecule has 2 unspecified atom stereocenters. The second kappa shape index (κ2) is 34.0. The Kier molecular flexibility index (Phi) is 48.2. The minimum Gasteiger partial charge on any atom is -0.358 e. The average Bonchev–Trinajstić information content (AvgIpc) is 3.57. The summed E-state index contributed by atoms with van der Waals surface area (Å²) >= 11 is 0. The summed E-state index contributed by atoms with van der Waals surface area (Å²) in [4.78, 5) is 0. The van der Waals surface area contributed by atoms with E-state index < -0.39 is 0 Å². The third-order valence-corrected chi connectivity index (χ3v) is 8.20. The molecular weight excluding hydrogens is 496 g/mol. The van der Waals surface area contributed by atoms with Crippen LogP contribution in [-0.2, 0) is 34.1 Å². The molecule has 0 saturated heterocycles. The molecule has 2 heteroatoms. The minimum absolute atomic E-state index is 0. The van der Waals surface area contributed by atoms with Crippen molar-refractivity contribution >= 4 is 0 Å². The van der Waals surface area contributed by atoms with E-state index >= 15 is 0 Å². The monoisotopic (exact) mass is 564 g/mol. The maximum absolute atomic E-state index is 2.40. The zero-order chi connectivity index (χ0) is 20.5. The van der Waals surface area contributed by atoms with Crippen LogP contribution in [0.2, 0.25) is 0 Å². The SMILES string of the molecule is C1CCCC1.C1CCCC1.CCC(C)C1CCCC1.CCC(C)C1CCCC1.[CH3-].[CH3-].[CH3-].[CH3-].[Fe+2].[Fe+3]. The molecule has 0 heterocycles. The van der Waals surface area contributed by atoms with Crippen molar-refractivity contribution in [2.45, 2.75) is 156 Å². The zero-order valence-electron chi connectivity index (χ0n) is 25.2. The zero-order valence-corrected chi connectivity index (χ0v) is 27.4. The van der Waals surface area contributed by atoms with Crippen LogP contribution < -0.4 is 0 Å². The van der Waals surface area contributed by atoms with E-state index in [2.05, 4.69) is 27.7 Å². The van der Waals surface area contributed by atoms with Crippen molar-refractivity contribution in [3.05, 3.63) is 29.7 Å². The Morgan fingerprint density at radius 3 is 0.765 bits per heavy atom. The van der Waals surface area contributed by atoms with Gasteiger partial charge < -0.3 is 29.7 Å². The van der Waals surface area contributed by atoms with Crippen molar-refractivity contribution in [1.82, 2.24) is 0 Å². The fourth-order valence-electron chi connectivity index (χ4n) is 5.49. The van der Waals surface area contributed by atoms with Gasteiger partial charge in [0.25, 0.3) is 0 Å². The first-order valence-corrected chi connectivity index (χ1v) is 13.7. The summed E-state index contributed by atoms with van der Waals surface area (Å²) in [5.41, 5.74) is 0. The summed E-state index contributed by atoms with van der Waals surface area (Å²) < 4.78 is 0. The van der Waals surface area contributed by atoms with E-state index in [9.17, 15) is 0 Å². The van der Waals surface area contributed by atoms with Gasteiger partial charge in [-0.25, -0.2) is 0 Å². The summed E-state index contributed by atoms with van der Waals surface area (Å²) in [6.07, 6.45) is 29.8. The third-order valence-electron chi connectivity index (χ3n) is 8.20. The third kappa shape index (κ3) is 24.7. The Bertz CT molecular complexity index is 264. The Morgan fingerprint density at radius 2 is 0.618 bits per heavy atom. The second-order valence-electron chi connectivity index (χ2n) is 10.4. The van der Waals surface area contributed by atoms with Gasteiger partial charge in [0.2, 0.25) is 0 Å². The fourth-order valence-corrected chi connectivity index (χ4v) is 5.49. The normalized spacial score (nSPS) is 20.1. The van der Waals surface area contributed by atoms with Crippen molar-refractivity contribution in [3.8, 4) is 0 Å². The van der Waals surface area contributed by atoms with Gasteiger partial charge in [-0.15, -0.1) is 0 Å². The molecule has 0 bridgehead atoms. The fraction of sp³-hybridized carbons (Fsp3) is 0.875. The first-order chi connectivity index (χ1) is 13.7. The Labute approximate surface area is 242 Å². The van der Waals surface area contributed by atoms with Crippen molar-refractivity contribution in [2.24, 2.45) is 23.7 Å². The van der Waals surface area contributed by atoms with Gasteiger partial charge in [0.05, 0.1) is 0 Å². The van der Waals surface area contributed by atoms with Gasteiger partial charge in [0.1, 0.15) is 0 Å². The Morgan fingerprint density at radius 1 is 0.441 bits per heavy atom. The molecule has 211 valence electrons. The van der Waals surface area contributed by atoms with Crippen molar-refractivity contribution in [3.63, 3.8) is 0 Å². The second-order valence-corrected chi connectivity index (χ2v) is 10.4. The summed E-state index contributed by atoms with van der Waals surface area (Å²) in [6, 6.07) is 0. The van der Waals surface area contributed by atoms with Crippen LogP contribution in [0.25, 0.3) is 0 Å². The average molecular weight is 565 g/mol. The molecule has 0 amide bonds. The molecule has 0 aromatic heterocycles. The maximum Gasteiger partial charge on any atom is 3.00 e. The standard InChI is InChI=1S/2C9H18.2C5H10.4CH3.2Fe/c2*1-3-8(2)9-6-4-5-7-9;2*1-2-4-5-3-1;;;;;;/h2*8-9H,3-7H2,1-2H3;2*1-5H2;4*1H3;;/q;;;;4*-1;+2;+3. The van der Waals surface area contributed by atoms with Crippen LogP contribution in [0, 0.1) is 53.4 Å². The number of hydrogen-bond acceptors (Lipinski definition) is 0. The van der Waals surface area contributed by atoms with Crippen LogP contribution in [0.5, 0.6) is 0 Å². The van der Waals surface area contributed by atoms with E-state index in [1.807, 2.05) is 0 Å². The molecule has 0 nitrogen and oxygen atoms in total. The molecule has 4 aliphatic carbocycles. The Hall–Kier alpha value is 1.04. The molecule has 34 heavy (non-hydrogen) atoms. The van der Waals surface area contributed by atoms with Crippen LogP contribution in [0.4, 0.5) is 0 Å². The quantitative estimate of drug-likeness (QED) is 0.235. The molecule has 2 atom stereocenters. The predicted molar refractivity (Wildman–Crippen MR) is 155 cm³/mol. The van der Waals surface area contributed by atoms with E-state index in [0.29, 0.717) is 0 Å². The minimum atomic E-state index is 0. The van der Waals surface area contributed by atoms with E-state index in [1.165, 1.54) is 128 Å². The summed E-state index contributed by atoms with van der Waals surface area (Å²) in [7, 11) is 0. The number of rotatable bonds is 4. The van der Waals surface area contributed by atoms with Crippen LogP contribution >= 0.6 is 0 Å². The smallest absolute Gasteiger partial charge is 0.358 e. The van der Waals surface area contributed by atoms with E-state index in [4.69, 9.17) is 0 Å². The summed E-state index contributed by atoms with van der Waals surface area (Å²) in [5.74, 6) is 4.14. The van der Waals surface area contributed by atoms with E-state index in [0.717, 1.165) is 23.7 Å². The van der Waals surface area contributed by atoms with E-state index in [1.54, 1.807) is 0 Å². The summed E-state index contributed by atoms with van der Waals surface area (Å²) in [6.45, 7) is 9.41. The first-order valence-electron chi connectivity index (χ1n) is 13.7. The Balaban J connectivity index is -0.0000000745. The van der Waals surface area contributed by atoms with Gasteiger partial charge in [-0.05, 0) is 23.7 Å². The van der Waals surface area contributed by atoms with Gasteiger partial charge in [0, 0.05) is 0 Å². The molecule has 4 aliphatic rings. The number of hydrogen-bond donors (Lipinski definition) is 0. The van der Waals surface area contributed by atoms with Crippen LogP contribution in [0.15, 0.2) is 0 Å². The van der Waals surface area contributed by atoms with Crippen molar-refractivity contribution in [1.29, 1.82) is 0 Å². The molecular formula is C32H68Fe2+. The van der Waals surface area contributed by atoms with Crippen molar-refractivity contribution < 1.29 is 34.1 Å².